The van der Waals surface area contributed by atoms with Gasteiger partial charge >= 0.3 is 0 Å². The van der Waals surface area contributed by atoms with Crippen LogP contribution < -0.4 is 11.1 Å². The average molecular weight is 278 g/mol. The maximum absolute atomic E-state index is 11.8. The average Bonchev–Trinajstić information content (AvgIpc) is 2.38. The molecule has 0 heterocycles. The second kappa shape index (κ2) is 8.59. The quantitative estimate of drug-likeness (QED) is 0.567. The summed E-state index contributed by atoms with van der Waals surface area (Å²) in [6, 6.07) is 7.67. The Bertz CT molecular complexity index is 401. The van der Waals surface area contributed by atoms with Gasteiger partial charge in [0.1, 0.15) is 0 Å². The van der Waals surface area contributed by atoms with E-state index >= 15 is 0 Å². The molecule has 1 aromatic carbocycles. The summed E-state index contributed by atoms with van der Waals surface area (Å²) in [6.45, 7) is 8.12. The fourth-order valence-corrected chi connectivity index (χ4v) is 1.87. The van der Waals surface area contributed by atoms with Crippen molar-refractivity contribution in [3.8, 4) is 0 Å². The number of hydrogen-bond donors (Lipinski definition) is 2. The summed E-state index contributed by atoms with van der Waals surface area (Å²) in [6.07, 6.45) is 0.480. The minimum atomic E-state index is 0.0578. The summed E-state index contributed by atoms with van der Waals surface area (Å²) in [4.78, 5) is 11.8. The number of nitrogens with one attached hydrogen (secondary N) is 1. The van der Waals surface area contributed by atoms with E-state index in [-0.39, 0.29) is 11.8 Å². The first-order valence-electron chi connectivity index (χ1n) is 7.19. The van der Waals surface area contributed by atoms with Gasteiger partial charge in [0, 0.05) is 25.3 Å². The normalized spacial score (nSPS) is 12.4. The van der Waals surface area contributed by atoms with Gasteiger partial charge < -0.3 is 15.8 Å². The predicted octanol–water partition coefficient (Wildman–Crippen LogP) is 2.55. The molecule has 0 radical (unpaired) electrons. The first-order chi connectivity index (χ1) is 9.49. The highest BCUT2D eigenvalue weighted by Gasteiger charge is 2.10. The Morgan fingerprint density at radius 2 is 1.90 bits per heavy atom. The molecule has 0 saturated heterocycles. The Balaban J connectivity index is 2.23. The van der Waals surface area contributed by atoms with E-state index in [1.807, 2.05) is 31.2 Å². The van der Waals surface area contributed by atoms with Gasteiger partial charge in [-0.05, 0) is 29.5 Å². The Labute approximate surface area is 121 Å². The molecule has 0 aliphatic rings. The van der Waals surface area contributed by atoms with Gasteiger partial charge in [0.25, 0.3) is 0 Å². The van der Waals surface area contributed by atoms with E-state index in [1.165, 1.54) is 0 Å². The molecule has 0 aliphatic carbocycles. The van der Waals surface area contributed by atoms with Crippen LogP contribution in [0.5, 0.6) is 0 Å². The largest absolute Gasteiger partial charge is 0.399 e. The van der Waals surface area contributed by atoms with Crippen molar-refractivity contribution in [1.82, 2.24) is 5.32 Å². The van der Waals surface area contributed by atoms with E-state index in [4.69, 9.17) is 10.5 Å². The molecule has 0 saturated carbocycles. The van der Waals surface area contributed by atoms with Crippen molar-refractivity contribution in [2.75, 3.05) is 25.5 Å². The van der Waals surface area contributed by atoms with Crippen LogP contribution in [0.3, 0.4) is 0 Å². The standard InChI is InChI=1S/C16H26N2O2/c1-12(2)11-20-9-8-18-16(19)10-13(3)14-4-6-15(17)7-5-14/h4-7,12-13H,8-11,17H2,1-3H3,(H,18,19). The van der Waals surface area contributed by atoms with Crippen LogP contribution in [-0.2, 0) is 9.53 Å². The van der Waals surface area contributed by atoms with Crippen LogP contribution in [0.4, 0.5) is 5.69 Å². The minimum Gasteiger partial charge on any atom is -0.399 e. The zero-order chi connectivity index (χ0) is 15.0. The third-order valence-corrected chi connectivity index (χ3v) is 3.02. The first kappa shape index (κ1) is 16.5. The van der Waals surface area contributed by atoms with E-state index in [1.54, 1.807) is 0 Å². The lowest BCUT2D eigenvalue weighted by molar-refractivity contribution is -0.121. The van der Waals surface area contributed by atoms with Gasteiger partial charge in [-0.25, -0.2) is 0 Å². The molecule has 4 heteroatoms. The Hall–Kier alpha value is -1.55. The van der Waals surface area contributed by atoms with Crippen LogP contribution in [0.25, 0.3) is 0 Å². The van der Waals surface area contributed by atoms with Crippen LogP contribution in [-0.4, -0.2) is 25.7 Å². The molecule has 0 aliphatic heterocycles. The number of nitrogens with two attached hydrogens (primary N) is 1. The second-order valence-corrected chi connectivity index (χ2v) is 5.59. The number of amides is 1. The van der Waals surface area contributed by atoms with E-state index in [9.17, 15) is 4.79 Å². The number of carbonyl (C=O) groups excluding carboxylic acids is 1. The topological polar surface area (TPSA) is 64.3 Å². The number of carbonyl (C=O) groups is 1. The molecule has 1 aromatic rings. The van der Waals surface area contributed by atoms with Crippen molar-refractivity contribution in [2.45, 2.75) is 33.1 Å². The van der Waals surface area contributed by atoms with Gasteiger partial charge in [0.15, 0.2) is 0 Å². The summed E-state index contributed by atoms with van der Waals surface area (Å²) in [5.74, 6) is 0.769. The number of ether oxygens (including phenoxy) is 1. The Morgan fingerprint density at radius 3 is 2.50 bits per heavy atom. The van der Waals surface area contributed by atoms with Crippen molar-refractivity contribution in [3.63, 3.8) is 0 Å². The van der Waals surface area contributed by atoms with Crippen molar-refractivity contribution < 1.29 is 9.53 Å². The highest BCUT2D eigenvalue weighted by atomic mass is 16.5. The van der Waals surface area contributed by atoms with Crippen molar-refractivity contribution >= 4 is 11.6 Å². The smallest absolute Gasteiger partial charge is 0.220 e. The van der Waals surface area contributed by atoms with E-state index in [0.717, 1.165) is 17.9 Å². The van der Waals surface area contributed by atoms with Crippen molar-refractivity contribution in [3.05, 3.63) is 29.8 Å². The van der Waals surface area contributed by atoms with Gasteiger partial charge in [-0.1, -0.05) is 32.9 Å². The molecule has 1 unspecified atom stereocenters. The third kappa shape index (κ3) is 6.57. The number of rotatable bonds is 8. The first-order valence-corrected chi connectivity index (χ1v) is 7.19. The van der Waals surface area contributed by atoms with Crippen LogP contribution >= 0.6 is 0 Å². The highest BCUT2D eigenvalue weighted by Crippen LogP contribution is 2.19. The van der Waals surface area contributed by atoms with Crippen LogP contribution in [0.15, 0.2) is 24.3 Å². The van der Waals surface area contributed by atoms with E-state index in [0.29, 0.717) is 25.5 Å². The minimum absolute atomic E-state index is 0.0578. The Morgan fingerprint density at radius 1 is 1.25 bits per heavy atom. The molecule has 20 heavy (non-hydrogen) atoms. The molecule has 0 bridgehead atoms. The van der Waals surface area contributed by atoms with Gasteiger partial charge in [-0.2, -0.15) is 0 Å². The fourth-order valence-electron chi connectivity index (χ4n) is 1.87. The maximum Gasteiger partial charge on any atom is 0.220 e. The highest BCUT2D eigenvalue weighted by molar-refractivity contribution is 5.76. The second-order valence-electron chi connectivity index (χ2n) is 5.59. The van der Waals surface area contributed by atoms with Gasteiger partial charge in [-0.3, -0.25) is 4.79 Å². The fraction of sp³-hybridized carbons (Fsp3) is 0.562. The molecule has 1 atom stereocenters. The summed E-state index contributed by atoms with van der Waals surface area (Å²) in [7, 11) is 0. The van der Waals surface area contributed by atoms with Crippen LogP contribution in [0.2, 0.25) is 0 Å². The van der Waals surface area contributed by atoms with Crippen molar-refractivity contribution in [2.24, 2.45) is 5.92 Å². The molecule has 0 spiro atoms. The zero-order valence-electron chi connectivity index (χ0n) is 12.7. The third-order valence-electron chi connectivity index (χ3n) is 3.02. The molecule has 0 fully saturated rings. The number of anilines is 1. The summed E-state index contributed by atoms with van der Waals surface area (Å²) in [5, 5.41) is 2.88. The molecule has 1 amide bonds. The number of benzene rings is 1. The van der Waals surface area contributed by atoms with Crippen molar-refractivity contribution in [1.29, 1.82) is 0 Å². The van der Waals surface area contributed by atoms with E-state index in [2.05, 4.69) is 19.2 Å². The lowest BCUT2D eigenvalue weighted by atomic mass is 9.97. The monoisotopic (exact) mass is 278 g/mol. The maximum atomic E-state index is 11.8. The molecular formula is C16H26N2O2. The van der Waals surface area contributed by atoms with E-state index < -0.39 is 0 Å². The van der Waals surface area contributed by atoms with Gasteiger partial charge in [0.2, 0.25) is 5.91 Å². The summed E-state index contributed by atoms with van der Waals surface area (Å²) < 4.78 is 5.42. The molecule has 112 valence electrons. The molecule has 3 N–H and O–H groups in total. The summed E-state index contributed by atoms with van der Waals surface area (Å²) in [5.41, 5.74) is 7.52. The molecule has 4 nitrogen and oxygen atoms in total. The lowest BCUT2D eigenvalue weighted by Gasteiger charge is -2.13. The molecule has 1 rings (SSSR count). The lowest BCUT2D eigenvalue weighted by Crippen LogP contribution is -2.28. The predicted molar refractivity (Wildman–Crippen MR) is 82.6 cm³/mol. The molecule has 0 aromatic heterocycles. The number of hydrogen-bond acceptors (Lipinski definition) is 3. The number of nitrogen functional groups attached to an aromatic ring is 1. The zero-order valence-corrected chi connectivity index (χ0v) is 12.7. The Kier molecular flexibility index (Phi) is 7.09. The van der Waals surface area contributed by atoms with Gasteiger partial charge in [-0.15, -0.1) is 0 Å². The van der Waals surface area contributed by atoms with Crippen LogP contribution in [0.1, 0.15) is 38.7 Å². The molecular weight excluding hydrogens is 252 g/mol. The summed E-state index contributed by atoms with van der Waals surface area (Å²) >= 11 is 0. The van der Waals surface area contributed by atoms with Crippen LogP contribution in [0, 0.1) is 5.92 Å². The van der Waals surface area contributed by atoms with Gasteiger partial charge in [0.05, 0.1) is 6.61 Å². The SMILES string of the molecule is CC(C)COCCNC(=O)CC(C)c1ccc(N)cc1.